The van der Waals surface area contributed by atoms with Crippen LogP contribution in [0.5, 0.6) is 0 Å². The van der Waals surface area contributed by atoms with E-state index in [4.69, 9.17) is 5.26 Å². The van der Waals surface area contributed by atoms with Crippen molar-refractivity contribution in [3.05, 3.63) is 29.8 Å². The first-order valence-electron chi connectivity index (χ1n) is 6.11. The van der Waals surface area contributed by atoms with E-state index >= 15 is 0 Å². The molecule has 0 unspecified atom stereocenters. The highest BCUT2D eigenvalue weighted by Crippen LogP contribution is 2.32. The van der Waals surface area contributed by atoms with Gasteiger partial charge in [0.05, 0.1) is 16.5 Å². The zero-order valence-corrected chi connectivity index (χ0v) is 11.2. The highest BCUT2D eigenvalue weighted by Gasteiger charge is 2.37. The molecular formula is C13H16N2O2S. The molecule has 0 aromatic heterocycles. The Kier molecular flexibility index (Phi) is 3.69. The maximum Gasteiger partial charge on any atom is 0.243 e. The predicted octanol–water partition coefficient (Wildman–Crippen LogP) is 2.12. The van der Waals surface area contributed by atoms with Crippen LogP contribution < -0.4 is 0 Å². The van der Waals surface area contributed by atoms with Crippen LogP contribution in [0.4, 0.5) is 0 Å². The normalized spacial score (nSPS) is 15.6. The second kappa shape index (κ2) is 5.09. The topological polar surface area (TPSA) is 61.2 Å². The average molecular weight is 264 g/mol. The molecule has 4 nitrogen and oxygen atoms in total. The van der Waals surface area contributed by atoms with Gasteiger partial charge in [-0.2, -0.15) is 9.57 Å². The van der Waals surface area contributed by atoms with Crippen molar-refractivity contribution in [2.75, 3.05) is 6.54 Å². The van der Waals surface area contributed by atoms with Gasteiger partial charge < -0.3 is 0 Å². The summed E-state index contributed by atoms with van der Waals surface area (Å²) in [6.07, 6.45) is 2.68. The van der Waals surface area contributed by atoms with Crippen molar-refractivity contribution in [2.45, 2.75) is 37.1 Å². The molecule has 2 rings (SSSR count). The summed E-state index contributed by atoms with van der Waals surface area (Å²) in [7, 11) is -3.45. The van der Waals surface area contributed by atoms with Gasteiger partial charge in [-0.3, -0.25) is 0 Å². The lowest BCUT2D eigenvalue weighted by atomic mass is 10.2. The molecule has 1 saturated carbocycles. The number of sulfonamides is 1. The van der Waals surface area contributed by atoms with E-state index in [2.05, 4.69) is 0 Å². The number of rotatable bonds is 5. The lowest BCUT2D eigenvalue weighted by molar-refractivity contribution is 0.403. The molecule has 1 aromatic rings. The third-order valence-electron chi connectivity index (χ3n) is 2.97. The summed E-state index contributed by atoms with van der Waals surface area (Å²) in [6, 6.07) is 8.35. The molecule has 0 aliphatic heterocycles. The van der Waals surface area contributed by atoms with Crippen molar-refractivity contribution in [3.63, 3.8) is 0 Å². The van der Waals surface area contributed by atoms with Crippen LogP contribution in [0.2, 0.25) is 0 Å². The van der Waals surface area contributed by atoms with Crippen LogP contribution in [-0.2, 0) is 10.0 Å². The van der Waals surface area contributed by atoms with Gasteiger partial charge >= 0.3 is 0 Å². The summed E-state index contributed by atoms with van der Waals surface area (Å²) in [5.74, 6) is 0. The number of benzene rings is 1. The van der Waals surface area contributed by atoms with E-state index in [1.807, 2.05) is 13.0 Å². The van der Waals surface area contributed by atoms with Crippen LogP contribution in [0.3, 0.4) is 0 Å². The van der Waals surface area contributed by atoms with Gasteiger partial charge in [-0.1, -0.05) is 13.0 Å². The number of nitriles is 1. The molecule has 18 heavy (non-hydrogen) atoms. The molecule has 1 fully saturated rings. The first-order chi connectivity index (χ1) is 8.59. The molecule has 0 bridgehead atoms. The smallest absolute Gasteiger partial charge is 0.207 e. The fraction of sp³-hybridized carbons (Fsp3) is 0.462. The summed E-state index contributed by atoms with van der Waals surface area (Å²) in [6.45, 7) is 2.51. The van der Waals surface area contributed by atoms with Crippen molar-refractivity contribution < 1.29 is 8.42 Å². The maximum absolute atomic E-state index is 12.5. The number of hydrogen-bond donors (Lipinski definition) is 0. The molecule has 1 aliphatic carbocycles. The summed E-state index contributed by atoms with van der Waals surface area (Å²) in [5, 5.41) is 8.83. The third kappa shape index (κ3) is 2.55. The molecule has 0 saturated heterocycles. The molecule has 5 heteroatoms. The van der Waals surface area contributed by atoms with Gasteiger partial charge in [0.15, 0.2) is 0 Å². The highest BCUT2D eigenvalue weighted by molar-refractivity contribution is 7.89. The molecule has 1 aromatic carbocycles. The summed E-state index contributed by atoms with van der Waals surface area (Å²) in [5.41, 5.74) is 0.378. The van der Waals surface area contributed by atoms with E-state index in [0.717, 1.165) is 19.3 Å². The molecule has 0 amide bonds. The molecule has 96 valence electrons. The Hall–Kier alpha value is -1.38. The molecular weight excluding hydrogens is 248 g/mol. The van der Waals surface area contributed by atoms with Crippen LogP contribution in [0, 0.1) is 11.3 Å². The quantitative estimate of drug-likeness (QED) is 0.818. The Morgan fingerprint density at radius 1 is 1.44 bits per heavy atom. The van der Waals surface area contributed by atoms with Gasteiger partial charge in [0, 0.05) is 12.6 Å². The first-order valence-corrected chi connectivity index (χ1v) is 7.55. The van der Waals surface area contributed by atoms with Gasteiger partial charge in [-0.05, 0) is 37.5 Å². The first kappa shape index (κ1) is 13.1. The molecule has 1 aliphatic rings. The van der Waals surface area contributed by atoms with E-state index in [1.165, 1.54) is 6.07 Å². The van der Waals surface area contributed by atoms with Crippen molar-refractivity contribution >= 4 is 10.0 Å². The van der Waals surface area contributed by atoms with E-state index in [0.29, 0.717) is 12.1 Å². The van der Waals surface area contributed by atoms with Gasteiger partial charge in [-0.25, -0.2) is 8.42 Å². The fourth-order valence-electron chi connectivity index (χ4n) is 1.94. The SMILES string of the molecule is CCCN(C1CC1)S(=O)(=O)c1cccc(C#N)c1. The second-order valence-corrected chi connectivity index (χ2v) is 6.38. The van der Waals surface area contributed by atoms with Crippen LogP contribution in [0.15, 0.2) is 29.2 Å². The zero-order valence-electron chi connectivity index (χ0n) is 10.3. The predicted molar refractivity (Wildman–Crippen MR) is 68.4 cm³/mol. The standard InChI is InChI=1S/C13H16N2O2S/c1-2-8-15(12-6-7-12)18(16,17)13-5-3-4-11(9-13)10-14/h3-5,9,12H,2,6-8H2,1H3. The molecule has 0 N–H and O–H groups in total. The van der Waals surface area contributed by atoms with E-state index in [9.17, 15) is 8.42 Å². The van der Waals surface area contributed by atoms with Crippen LogP contribution >= 0.6 is 0 Å². The zero-order chi connectivity index (χ0) is 13.2. The minimum absolute atomic E-state index is 0.153. The maximum atomic E-state index is 12.5. The van der Waals surface area contributed by atoms with Crippen molar-refractivity contribution in [1.82, 2.24) is 4.31 Å². The van der Waals surface area contributed by atoms with E-state index in [-0.39, 0.29) is 10.9 Å². The number of hydrogen-bond acceptors (Lipinski definition) is 3. The van der Waals surface area contributed by atoms with Gasteiger partial charge in [0.25, 0.3) is 0 Å². The van der Waals surface area contributed by atoms with Crippen molar-refractivity contribution in [3.8, 4) is 6.07 Å². The summed E-state index contributed by atoms with van der Waals surface area (Å²) >= 11 is 0. The second-order valence-electron chi connectivity index (χ2n) is 4.49. The van der Waals surface area contributed by atoms with Crippen LogP contribution in [0.1, 0.15) is 31.7 Å². The van der Waals surface area contributed by atoms with E-state index in [1.54, 1.807) is 22.5 Å². The van der Waals surface area contributed by atoms with Crippen LogP contribution in [0.25, 0.3) is 0 Å². The molecule has 0 radical (unpaired) electrons. The Morgan fingerprint density at radius 2 is 2.17 bits per heavy atom. The molecule has 0 heterocycles. The van der Waals surface area contributed by atoms with Crippen molar-refractivity contribution in [1.29, 1.82) is 5.26 Å². The monoisotopic (exact) mass is 264 g/mol. The Morgan fingerprint density at radius 3 is 2.72 bits per heavy atom. The summed E-state index contributed by atoms with van der Waals surface area (Å²) < 4.78 is 26.5. The number of nitrogens with zero attached hydrogens (tertiary/aromatic N) is 2. The lowest BCUT2D eigenvalue weighted by Gasteiger charge is -2.21. The molecule has 0 atom stereocenters. The third-order valence-corrected chi connectivity index (χ3v) is 4.92. The van der Waals surface area contributed by atoms with Gasteiger partial charge in [0.1, 0.15) is 0 Å². The minimum atomic E-state index is -3.45. The van der Waals surface area contributed by atoms with Gasteiger partial charge in [0.2, 0.25) is 10.0 Å². The largest absolute Gasteiger partial charge is 0.243 e. The lowest BCUT2D eigenvalue weighted by Crippen LogP contribution is -2.33. The Balaban J connectivity index is 2.36. The van der Waals surface area contributed by atoms with Crippen LogP contribution in [-0.4, -0.2) is 25.3 Å². The Bertz CT molecular complexity index is 571. The van der Waals surface area contributed by atoms with E-state index < -0.39 is 10.0 Å². The summed E-state index contributed by atoms with van der Waals surface area (Å²) in [4.78, 5) is 0.224. The van der Waals surface area contributed by atoms with Gasteiger partial charge in [-0.15, -0.1) is 0 Å². The molecule has 0 spiro atoms. The highest BCUT2D eigenvalue weighted by atomic mass is 32.2. The van der Waals surface area contributed by atoms with Crippen molar-refractivity contribution in [2.24, 2.45) is 0 Å². The minimum Gasteiger partial charge on any atom is -0.207 e. The Labute approximate surface area is 108 Å². The fourth-order valence-corrected chi connectivity index (χ4v) is 3.77. The average Bonchev–Trinajstić information content (AvgIpc) is 3.20.